The predicted octanol–water partition coefficient (Wildman–Crippen LogP) is 2.36. The fraction of sp³-hybridized carbons (Fsp3) is 0.400. The van der Waals surface area contributed by atoms with E-state index in [1.165, 1.54) is 0 Å². The lowest BCUT2D eigenvalue weighted by atomic mass is 10.0. The van der Waals surface area contributed by atoms with Crippen LogP contribution in [0.5, 0.6) is 5.88 Å². The first-order chi connectivity index (χ1) is 7.27. The molecule has 2 heterocycles. The molecule has 0 amide bonds. The van der Waals surface area contributed by atoms with Crippen LogP contribution in [0, 0.1) is 0 Å². The fourth-order valence-electron chi connectivity index (χ4n) is 1.66. The molecule has 5 heteroatoms. The lowest BCUT2D eigenvalue weighted by Crippen LogP contribution is -2.09. The number of ether oxygens (including phenoxy) is 1. The van der Waals surface area contributed by atoms with Crippen LogP contribution >= 0.6 is 11.8 Å². The van der Waals surface area contributed by atoms with Crippen molar-refractivity contribution in [3.8, 4) is 5.88 Å². The molecule has 1 aromatic heterocycles. The van der Waals surface area contributed by atoms with Crippen molar-refractivity contribution in [1.29, 1.82) is 0 Å². The Bertz CT molecular complexity index is 363. The molecule has 0 unspecified atom stereocenters. The van der Waals surface area contributed by atoms with Gasteiger partial charge >= 0.3 is 6.16 Å². The Hall–Kier alpha value is -1.23. The lowest BCUT2D eigenvalue weighted by molar-refractivity contribution is 0.142. The zero-order chi connectivity index (χ0) is 10.7. The maximum absolute atomic E-state index is 10.5. The van der Waals surface area contributed by atoms with E-state index in [0.29, 0.717) is 5.92 Å². The normalized spacial score (nSPS) is 20.1. The summed E-state index contributed by atoms with van der Waals surface area (Å²) in [6.45, 7) is 0. The van der Waals surface area contributed by atoms with E-state index in [0.717, 1.165) is 23.5 Å². The van der Waals surface area contributed by atoms with E-state index in [-0.39, 0.29) is 5.88 Å². The molecule has 4 nitrogen and oxygen atoms in total. The van der Waals surface area contributed by atoms with Crippen LogP contribution in [-0.4, -0.2) is 27.8 Å². The van der Waals surface area contributed by atoms with Crippen molar-refractivity contribution >= 4 is 17.9 Å². The van der Waals surface area contributed by atoms with E-state index in [9.17, 15) is 4.79 Å². The average molecular weight is 225 g/mol. The number of pyridine rings is 1. The summed E-state index contributed by atoms with van der Waals surface area (Å²) in [7, 11) is 0. The number of aromatic nitrogens is 1. The molecule has 1 aromatic rings. The van der Waals surface area contributed by atoms with Gasteiger partial charge < -0.3 is 9.84 Å². The first-order valence-electron chi connectivity index (χ1n) is 4.71. The SMILES string of the molecule is O=C(O)Oc1ncccc1[C@@H]1CCSC1. The van der Waals surface area contributed by atoms with E-state index >= 15 is 0 Å². The first-order valence-corrected chi connectivity index (χ1v) is 5.86. The number of carbonyl (C=O) groups is 1. The molecular weight excluding hydrogens is 214 g/mol. The van der Waals surface area contributed by atoms with Gasteiger partial charge in [0.2, 0.25) is 5.88 Å². The van der Waals surface area contributed by atoms with E-state index in [1.54, 1.807) is 6.20 Å². The fourth-order valence-corrected chi connectivity index (χ4v) is 2.91. The van der Waals surface area contributed by atoms with Crippen LogP contribution in [0.4, 0.5) is 4.79 Å². The summed E-state index contributed by atoms with van der Waals surface area (Å²) in [4.78, 5) is 14.4. The summed E-state index contributed by atoms with van der Waals surface area (Å²) in [5.41, 5.74) is 0.907. The molecular formula is C10H11NO3S. The summed E-state index contributed by atoms with van der Waals surface area (Å²) < 4.78 is 4.65. The van der Waals surface area contributed by atoms with Gasteiger partial charge in [0.1, 0.15) is 0 Å². The van der Waals surface area contributed by atoms with Crippen molar-refractivity contribution in [2.45, 2.75) is 12.3 Å². The standard InChI is InChI=1S/C10H11NO3S/c12-10(13)14-9-8(2-1-4-11-9)7-3-5-15-6-7/h1-2,4,7H,3,5-6H2,(H,12,13)/t7-/m1/s1. The van der Waals surface area contributed by atoms with Crippen molar-refractivity contribution in [1.82, 2.24) is 4.98 Å². The molecule has 1 atom stereocenters. The topological polar surface area (TPSA) is 59.4 Å². The predicted molar refractivity (Wildman–Crippen MR) is 57.6 cm³/mol. The Balaban J connectivity index is 2.24. The number of hydrogen-bond donors (Lipinski definition) is 1. The number of hydrogen-bond acceptors (Lipinski definition) is 4. The van der Waals surface area contributed by atoms with Gasteiger partial charge in [-0.05, 0) is 24.2 Å². The summed E-state index contributed by atoms with van der Waals surface area (Å²) in [5.74, 6) is 2.74. The molecule has 80 valence electrons. The minimum Gasteiger partial charge on any atom is -0.449 e. The molecule has 0 saturated carbocycles. The molecule has 1 aliphatic rings. The third-order valence-corrected chi connectivity index (χ3v) is 3.52. The highest BCUT2D eigenvalue weighted by molar-refractivity contribution is 7.99. The second-order valence-corrected chi connectivity index (χ2v) is 4.48. The molecule has 2 rings (SSSR count). The van der Waals surface area contributed by atoms with Crippen LogP contribution in [0.15, 0.2) is 18.3 Å². The Morgan fingerprint density at radius 1 is 1.67 bits per heavy atom. The number of carboxylic acid groups (broad SMARTS) is 1. The van der Waals surface area contributed by atoms with Gasteiger partial charge in [-0.3, -0.25) is 0 Å². The lowest BCUT2D eigenvalue weighted by Gasteiger charge is -2.11. The van der Waals surface area contributed by atoms with Gasteiger partial charge in [0.05, 0.1) is 0 Å². The van der Waals surface area contributed by atoms with Crippen LogP contribution < -0.4 is 4.74 Å². The van der Waals surface area contributed by atoms with E-state index in [4.69, 9.17) is 5.11 Å². The minimum absolute atomic E-state index is 0.234. The third kappa shape index (κ3) is 2.41. The van der Waals surface area contributed by atoms with E-state index < -0.39 is 6.16 Å². The number of rotatable bonds is 2. The second kappa shape index (κ2) is 4.53. The summed E-state index contributed by atoms with van der Waals surface area (Å²) in [6.07, 6.45) is 1.30. The molecule has 15 heavy (non-hydrogen) atoms. The van der Waals surface area contributed by atoms with Crippen molar-refractivity contribution in [3.05, 3.63) is 23.9 Å². The Morgan fingerprint density at radius 2 is 2.53 bits per heavy atom. The zero-order valence-electron chi connectivity index (χ0n) is 8.05. The molecule has 0 spiro atoms. The number of thioether (sulfide) groups is 1. The van der Waals surface area contributed by atoms with Crippen LogP contribution in [-0.2, 0) is 0 Å². The van der Waals surface area contributed by atoms with Gasteiger partial charge in [0.15, 0.2) is 0 Å². The van der Waals surface area contributed by atoms with Gasteiger partial charge in [-0.1, -0.05) is 6.07 Å². The van der Waals surface area contributed by atoms with Crippen molar-refractivity contribution in [2.75, 3.05) is 11.5 Å². The highest BCUT2D eigenvalue weighted by Gasteiger charge is 2.22. The molecule has 1 saturated heterocycles. The molecule has 1 fully saturated rings. The monoisotopic (exact) mass is 225 g/mol. The molecule has 1 aliphatic heterocycles. The van der Waals surface area contributed by atoms with Crippen molar-refractivity contribution in [2.24, 2.45) is 0 Å². The molecule has 0 aromatic carbocycles. The molecule has 0 bridgehead atoms. The highest BCUT2D eigenvalue weighted by atomic mass is 32.2. The summed E-state index contributed by atoms with van der Waals surface area (Å²) in [5, 5.41) is 8.57. The van der Waals surface area contributed by atoms with Gasteiger partial charge in [0, 0.05) is 17.5 Å². The number of nitrogens with zero attached hydrogens (tertiary/aromatic N) is 1. The highest BCUT2D eigenvalue weighted by Crippen LogP contribution is 2.35. The molecule has 0 aliphatic carbocycles. The van der Waals surface area contributed by atoms with E-state index in [1.807, 2.05) is 23.9 Å². The average Bonchev–Trinajstić information content (AvgIpc) is 2.70. The minimum atomic E-state index is -1.30. The van der Waals surface area contributed by atoms with Crippen molar-refractivity contribution < 1.29 is 14.6 Å². The van der Waals surface area contributed by atoms with Crippen LogP contribution in [0.2, 0.25) is 0 Å². The second-order valence-electron chi connectivity index (χ2n) is 3.33. The Morgan fingerprint density at radius 3 is 3.20 bits per heavy atom. The van der Waals surface area contributed by atoms with Gasteiger partial charge in [-0.2, -0.15) is 11.8 Å². The van der Waals surface area contributed by atoms with Gasteiger partial charge in [0.25, 0.3) is 0 Å². The largest absolute Gasteiger partial charge is 0.512 e. The van der Waals surface area contributed by atoms with Gasteiger partial charge in [-0.15, -0.1) is 0 Å². The van der Waals surface area contributed by atoms with Crippen LogP contribution in [0.3, 0.4) is 0 Å². The summed E-state index contributed by atoms with van der Waals surface area (Å²) >= 11 is 1.87. The Kier molecular flexibility index (Phi) is 3.11. The quantitative estimate of drug-likeness (QED) is 0.783. The molecule has 1 N–H and O–H groups in total. The Labute approximate surface area is 91.7 Å². The maximum Gasteiger partial charge on any atom is 0.512 e. The van der Waals surface area contributed by atoms with Crippen LogP contribution in [0.1, 0.15) is 17.9 Å². The maximum atomic E-state index is 10.5. The smallest absolute Gasteiger partial charge is 0.449 e. The van der Waals surface area contributed by atoms with Crippen molar-refractivity contribution in [3.63, 3.8) is 0 Å². The molecule has 0 radical (unpaired) electrons. The third-order valence-electron chi connectivity index (χ3n) is 2.35. The zero-order valence-corrected chi connectivity index (χ0v) is 8.87. The first kappa shape index (κ1) is 10.3. The van der Waals surface area contributed by atoms with E-state index in [2.05, 4.69) is 9.72 Å². The van der Waals surface area contributed by atoms with Gasteiger partial charge in [-0.25, -0.2) is 9.78 Å². The summed E-state index contributed by atoms with van der Waals surface area (Å²) in [6, 6.07) is 3.70. The van der Waals surface area contributed by atoms with Crippen LogP contribution in [0.25, 0.3) is 0 Å².